The van der Waals surface area contributed by atoms with Crippen LogP contribution in [0.1, 0.15) is 0 Å². The maximum absolute atomic E-state index is 13.6. The molecular weight excluding hydrogens is 307 g/mol. The highest BCUT2D eigenvalue weighted by Gasteiger charge is 2.16. The van der Waals surface area contributed by atoms with Crippen LogP contribution in [0.15, 0.2) is 24.3 Å². The molecule has 7 heteroatoms. The first-order valence-electron chi connectivity index (χ1n) is 5.56. The number of aromatic amines is 1. The number of rotatable bonds is 1. The highest BCUT2D eigenvalue weighted by atomic mass is 35.5. The fraction of sp³-hybridized carbons (Fsp3) is 0. The average molecular weight is 314 g/mol. The number of hydrogen-bond acceptors (Lipinski definition) is 2. The predicted octanol–water partition coefficient (Wildman–Crippen LogP) is 4.40. The number of fused-ring (bicyclic) bond motifs is 1. The molecule has 0 saturated carbocycles. The van der Waals surface area contributed by atoms with E-state index in [1.165, 1.54) is 12.1 Å². The van der Waals surface area contributed by atoms with Gasteiger partial charge in [-0.05, 0) is 24.3 Å². The lowest BCUT2D eigenvalue weighted by atomic mass is 10.1. The molecule has 0 aliphatic heterocycles. The molecule has 1 heterocycles. The first-order chi connectivity index (χ1) is 9.47. The molecule has 3 rings (SSSR count). The van der Waals surface area contributed by atoms with Gasteiger partial charge in [0.25, 0.3) is 0 Å². The summed E-state index contributed by atoms with van der Waals surface area (Å²) >= 11 is 11.9. The van der Waals surface area contributed by atoms with E-state index in [1.54, 1.807) is 6.07 Å². The zero-order chi connectivity index (χ0) is 14.4. The summed E-state index contributed by atoms with van der Waals surface area (Å²) in [6, 6.07) is 5.46. The Hall–Kier alpha value is -1.85. The lowest BCUT2D eigenvalue weighted by Gasteiger charge is -2.05. The number of anilines is 1. The topological polar surface area (TPSA) is 54.7 Å². The van der Waals surface area contributed by atoms with E-state index < -0.39 is 11.6 Å². The molecule has 3 N–H and O–H groups in total. The van der Waals surface area contributed by atoms with Gasteiger partial charge in [0.15, 0.2) is 11.6 Å². The number of H-pyrrole nitrogens is 1. The fourth-order valence-corrected chi connectivity index (χ4v) is 2.42. The van der Waals surface area contributed by atoms with Crippen molar-refractivity contribution in [2.75, 3.05) is 5.73 Å². The van der Waals surface area contributed by atoms with E-state index >= 15 is 0 Å². The maximum Gasteiger partial charge on any atom is 0.186 e. The van der Waals surface area contributed by atoms with Crippen molar-refractivity contribution >= 4 is 39.9 Å². The molecule has 0 fully saturated rings. The molecule has 2 aromatic carbocycles. The smallest absolute Gasteiger partial charge is 0.186 e. The predicted molar refractivity (Wildman–Crippen MR) is 75.9 cm³/mol. The van der Waals surface area contributed by atoms with Crippen LogP contribution in [0.3, 0.4) is 0 Å². The van der Waals surface area contributed by atoms with Gasteiger partial charge in [0.2, 0.25) is 0 Å². The quantitative estimate of drug-likeness (QED) is 0.654. The summed E-state index contributed by atoms with van der Waals surface area (Å²) in [6.07, 6.45) is 0. The average Bonchev–Trinajstić information content (AvgIpc) is 2.83. The van der Waals surface area contributed by atoms with Gasteiger partial charge in [0, 0.05) is 10.6 Å². The number of nitrogens with zero attached hydrogens (tertiary/aromatic N) is 1. The number of benzene rings is 2. The zero-order valence-electron chi connectivity index (χ0n) is 9.85. The Morgan fingerprint density at radius 1 is 1.15 bits per heavy atom. The molecule has 20 heavy (non-hydrogen) atoms. The normalized spacial score (nSPS) is 11.2. The minimum atomic E-state index is -1.02. The summed E-state index contributed by atoms with van der Waals surface area (Å²) < 4.78 is 26.8. The number of imidazole rings is 1. The Labute approximate surface area is 122 Å². The molecule has 3 aromatic rings. The van der Waals surface area contributed by atoms with Crippen LogP contribution in [0.5, 0.6) is 0 Å². The van der Waals surface area contributed by atoms with E-state index in [0.29, 0.717) is 16.1 Å². The summed E-state index contributed by atoms with van der Waals surface area (Å²) in [7, 11) is 0. The Kier molecular flexibility index (Phi) is 3.03. The van der Waals surface area contributed by atoms with Crippen molar-refractivity contribution in [3.05, 3.63) is 45.9 Å². The molecule has 0 radical (unpaired) electrons. The lowest BCUT2D eigenvalue weighted by Crippen LogP contribution is -1.93. The fourth-order valence-electron chi connectivity index (χ4n) is 1.93. The molecule has 0 atom stereocenters. The second-order valence-corrected chi connectivity index (χ2v) is 5.04. The van der Waals surface area contributed by atoms with E-state index in [4.69, 9.17) is 28.9 Å². The number of nitrogens with one attached hydrogen (secondary N) is 1. The van der Waals surface area contributed by atoms with Crippen LogP contribution in [-0.2, 0) is 0 Å². The van der Waals surface area contributed by atoms with Crippen LogP contribution in [0.4, 0.5) is 14.5 Å². The van der Waals surface area contributed by atoms with Crippen molar-refractivity contribution in [3.8, 4) is 11.4 Å². The molecular formula is C13H7Cl2F2N3. The van der Waals surface area contributed by atoms with Gasteiger partial charge in [-0.2, -0.15) is 0 Å². The van der Waals surface area contributed by atoms with Crippen molar-refractivity contribution < 1.29 is 8.78 Å². The number of aromatic nitrogens is 2. The van der Waals surface area contributed by atoms with E-state index in [-0.39, 0.29) is 22.1 Å². The minimum absolute atomic E-state index is 0.101. The minimum Gasteiger partial charge on any atom is -0.397 e. The number of hydrogen-bond donors (Lipinski definition) is 2. The zero-order valence-corrected chi connectivity index (χ0v) is 11.4. The molecule has 1 aromatic heterocycles. The highest BCUT2D eigenvalue weighted by molar-refractivity contribution is 6.37. The molecule has 3 nitrogen and oxygen atoms in total. The van der Waals surface area contributed by atoms with Crippen molar-refractivity contribution in [1.29, 1.82) is 0 Å². The van der Waals surface area contributed by atoms with Crippen molar-refractivity contribution in [3.63, 3.8) is 0 Å². The van der Waals surface area contributed by atoms with Crippen LogP contribution >= 0.6 is 23.2 Å². The second kappa shape index (κ2) is 4.61. The van der Waals surface area contributed by atoms with Crippen molar-refractivity contribution in [2.45, 2.75) is 0 Å². The SMILES string of the molecule is Nc1c(Cl)cc(Cl)cc1-c1nc2c(F)c(F)ccc2[nH]1. The second-order valence-electron chi connectivity index (χ2n) is 4.19. The third kappa shape index (κ3) is 1.99. The van der Waals surface area contributed by atoms with Crippen LogP contribution in [0.2, 0.25) is 10.0 Å². The lowest BCUT2D eigenvalue weighted by molar-refractivity contribution is 0.515. The van der Waals surface area contributed by atoms with Gasteiger partial charge in [0.1, 0.15) is 11.3 Å². The van der Waals surface area contributed by atoms with Crippen molar-refractivity contribution in [2.24, 2.45) is 0 Å². The van der Waals surface area contributed by atoms with Gasteiger partial charge < -0.3 is 10.7 Å². The Balaban J connectivity index is 2.28. The van der Waals surface area contributed by atoms with Gasteiger partial charge in [-0.1, -0.05) is 23.2 Å². The monoisotopic (exact) mass is 313 g/mol. The summed E-state index contributed by atoms with van der Waals surface area (Å²) in [5.74, 6) is -1.71. The van der Waals surface area contributed by atoms with Crippen LogP contribution in [0, 0.1) is 11.6 Å². The number of nitrogens with two attached hydrogens (primary N) is 1. The van der Waals surface area contributed by atoms with Gasteiger partial charge in [-0.15, -0.1) is 0 Å². The standard InChI is InChI=1S/C13H7Cl2F2N3/c14-5-3-6(11(18)7(15)4-5)13-19-9-2-1-8(16)10(17)12(9)20-13/h1-4H,18H2,(H,19,20). The van der Waals surface area contributed by atoms with Crippen LogP contribution in [0.25, 0.3) is 22.4 Å². The van der Waals surface area contributed by atoms with E-state index in [0.717, 1.165) is 6.07 Å². The summed E-state index contributed by atoms with van der Waals surface area (Å²) in [6.45, 7) is 0. The third-order valence-electron chi connectivity index (χ3n) is 2.90. The Morgan fingerprint density at radius 3 is 2.65 bits per heavy atom. The number of halogens is 4. The highest BCUT2D eigenvalue weighted by Crippen LogP contribution is 2.34. The van der Waals surface area contributed by atoms with Gasteiger partial charge in [-0.3, -0.25) is 0 Å². The van der Waals surface area contributed by atoms with E-state index in [2.05, 4.69) is 9.97 Å². The van der Waals surface area contributed by atoms with E-state index in [9.17, 15) is 8.78 Å². The first-order valence-corrected chi connectivity index (χ1v) is 6.31. The molecule has 102 valence electrons. The van der Waals surface area contributed by atoms with Gasteiger partial charge in [0.05, 0.1) is 16.2 Å². The molecule has 0 aliphatic rings. The Morgan fingerprint density at radius 2 is 1.90 bits per heavy atom. The largest absolute Gasteiger partial charge is 0.397 e. The molecule has 0 amide bonds. The Bertz CT molecular complexity index is 830. The third-order valence-corrected chi connectivity index (χ3v) is 3.43. The molecule has 0 saturated heterocycles. The van der Waals surface area contributed by atoms with Crippen LogP contribution in [-0.4, -0.2) is 9.97 Å². The van der Waals surface area contributed by atoms with Crippen LogP contribution < -0.4 is 5.73 Å². The summed E-state index contributed by atoms with van der Waals surface area (Å²) in [5, 5.41) is 0.630. The van der Waals surface area contributed by atoms with Gasteiger partial charge >= 0.3 is 0 Å². The maximum atomic E-state index is 13.6. The van der Waals surface area contributed by atoms with Crippen molar-refractivity contribution in [1.82, 2.24) is 9.97 Å². The molecule has 0 unspecified atom stereocenters. The molecule has 0 bridgehead atoms. The van der Waals surface area contributed by atoms with Gasteiger partial charge in [-0.25, -0.2) is 13.8 Å². The molecule has 0 aliphatic carbocycles. The first kappa shape index (κ1) is 13.1. The molecule has 0 spiro atoms. The summed E-state index contributed by atoms with van der Waals surface area (Å²) in [5.41, 5.74) is 6.80. The summed E-state index contributed by atoms with van der Waals surface area (Å²) in [4.78, 5) is 6.88. The number of nitrogen functional groups attached to an aromatic ring is 1. The van der Waals surface area contributed by atoms with E-state index in [1.807, 2.05) is 0 Å².